The summed E-state index contributed by atoms with van der Waals surface area (Å²) in [5.74, 6) is -0.466. The average molecular weight is 633 g/mol. The van der Waals surface area contributed by atoms with Crippen molar-refractivity contribution in [2.45, 2.75) is 37.8 Å². The fourth-order valence-electron chi connectivity index (χ4n) is 4.46. The largest absolute Gasteiger partial charge is 0.497 e. The van der Waals surface area contributed by atoms with Crippen molar-refractivity contribution in [1.82, 2.24) is 10.2 Å². The van der Waals surface area contributed by atoms with Crippen molar-refractivity contribution in [2.75, 3.05) is 32.1 Å². The predicted molar refractivity (Wildman–Crippen MR) is 162 cm³/mol. The lowest BCUT2D eigenvalue weighted by Gasteiger charge is -2.33. The Morgan fingerprint density at radius 3 is 2.28 bits per heavy atom. The highest BCUT2D eigenvalue weighted by atomic mass is 35.5. The van der Waals surface area contributed by atoms with Crippen molar-refractivity contribution in [1.29, 1.82) is 0 Å². The summed E-state index contributed by atoms with van der Waals surface area (Å²) < 4.78 is 39.7. The van der Waals surface area contributed by atoms with Crippen LogP contribution in [0.1, 0.15) is 24.5 Å². The van der Waals surface area contributed by atoms with Gasteiger partial charge in [-0.1, -0.05) is 36.7 Å². The number of benzene rings is 3. The number of ether oxygens (including phenoxy) is 2. The Morgan fingerprint density at radius 2 is 1.72 bits per heavy atom. The second-order valence-electron chi connectivity index (χ2n) is 9.44. The minimum absolute atomic E-state index is 0.0225. The number of sulfonamides is 1. The molecular formula is C29H33ClN4O8S. The first-order valence-electron chi connectivity index (χ1n) is 13.1. The number of hydrogen-bond acceptors (Lipinski definition) is 8. The standard InChI is InChI=1S/C29H33ClN4O8S/c1-6-24(29(36)31-3)32(17-20-8-11-22(41-4)12-9-20)28(35)18-33(26-15-21(30)10-14-27(26)42-5)43(39,40)23-13-7-19(2)25(16-23)34(37)38/h7-16,24H,6,17-18H2,1-5H3,(H,31,36). The minimum atomic E-state index is -4.62. The Morgan fingerprint density at radius 1 is 1.05 bits per heavy atom. The SMILES string of the molecule is CCC(C(=O)NC)N(Cc1ccc(OC)cc1)C(=O)CN(c1cc(Cl)ccc1OC)S(=O)(=O)c1ccc(C)c([N+](=O)[O-])c1. The van der Waals surface area contributed by atoms with E-state index in [0.717, 1.165) is 10.4 Å². The highest BCUT2D eigenvalue weighted by Crippen LogP contribution is 2.36. The van der Waals surface area contributed by atoms with Gasteiger partial charge < -0.3 is 19.7 Å². The zero-order chi connectivity index (χ0) is 31.9. The number of nitro benzene ring substituents is 1. The third-order valence-electron chi connectivity index (χ3n) is 6.80. The molecule has 0 saturated heterocycles. The summed E-state index contributed by atoms with van der Waals surface area (Å²) in [4.78, 5) is 38.8. The van der Waals surface area contributed by atoms with Crippen molar-refractivity contribution in [3.05, 3.63) is 86.9 Å². The van der Waals surface area contributed by atoms with Crippen molar-refractivity contribution in [3.63, 3.8) is 0 Å². The number of nitro groups is 1. The maximum absolute atomic E-state index is 14.2. The molecule has 1 unspecified atom stereocenters. The Labute approximate surface area is 255 Å². The zero-order valence-corrected chi connectivity index (χ0v) is 25.9. The molecule has 3 aromatic carbocycles. The minimum Gasteiger partial charge on any atom is -0.497 e. The molecule has 0 aliphatic carbocycles. The molecule has 0 fully saturated rings. The van der Waals surface area contributed by atoms with Gasteiger partial charge in [-0.3, -0.25) is 24.0 Å². The normalized spacial score (nSPS) is 11.8. The van der Waals surface area contributed by atoms with Crippen molar-refractivity contribution >= 4 is 44.8 Å². The number of amides is 2. The Kier molecular flexibility index (Phi) is 11.0. The van der Waals surface area contributed by atoms with Gasteiger partial charge in [0, 0.05) is 30.2 Å². The first-order chi connectivity index (χ1) is 20.4. The predicted octanol–water partition coefficient (Wildman–Crippen LogP) is 4.32. The van der Waals surface area contributed by atoms with Crippen molar-refractivity contribution in [2.24, 2.45) is 0 Å². The van der Waals surface area contributed by atoms with Crippen LogP contribution < -0.4 is 19.1 Å². The van der Waals surface area contributed by atoms with Crippen LogP contribution in [-0.4, -0.2) is 63.9 Å². The molecule has 0 aromatic heterocycles. The van der Waals surface area contributed by atoms with Gasteiger partial charge in [0.25, 0.3) is 15.7 Å². The fraction of sp³-hybridized carbons (Fsp3) is 0.310. The van der Waals surface area contributed by atoms with E-state index in [1.165, 1.54) is 63.4 Å². The quantitative estimate of drug-likeness (QED) is 0.216. The molecular weight excluding hydrogens is 600 g/mol. The van der Waals surface area contributed by atoms with E-state index in [9.17, 15) is 28.1 Å². The summed E-state index contributed by atoms with van der Waals surface area (Å²) in [7, 11) is -0.333. The van der Waals surface area contributed by atoms with Gasteiger partial charge in [0.15, 0.2) is 0 Å². The number of halogens is 1. The topological polar surface area (TPSA) is 148 Å². The first kappa shape index (κ1) is 33.1. The number of nitrogens with zero attached hydrogens (tertiary/aromatic N) is 3. The van der Waals surface area contributed by atoms with Crippen LogP contribution in [0.5, 0.6) is 11.5 Å². The van der Waals surface area contributed by atoms with Gasteiger partial charge >= 0.3 is 0 Å². The Hall–Kier alpha value is -4.36. The number of carbonyl (C=O) groups is 2. The van der Waals surface area contributed by atoms with Crippen LogP contribution in [0, 0.1) is 17.0 Å². The van der Waals surface area contributed by atoms with Crippen LogP contribution >= 0.6 is 11.6 Å². The van der Waals surface area contributed by atoms with Gasteiger partial charge in [0.1, 0.15) is 24.1 Å². The molecule has 230 valence electrons. The molecule has 3 rings (SSSR count). The van der Waals surface area contributed by atoms with Crippen LogP contribution in [0.15, 0.2) is 65.6 Å². The monoisotopic (exact) mass is 632 g/mol. The van der Waals surface area contributed by atoms with E-state index in [-0.39, 0.29) is 35.0 Å². The molecule has 43 heavy (non-hydrogen) atoms. The van der Waals surface area contributed by atoms with E-state index >= 15 is 0 Å². The number of nitrogens with one attached hydrogen (secondary N) is 1. The molecule has 1 atom stereocenters. The van der Waals surface area contributed by atoms with Crippen LogP contribution in [0.25, 0.3) is 0 Å². The van der Waals surface area contributed by atoms with Crippen molar-refractivity contribution in [3.8, 4) is 11.5 Å². The average Bonchev–Trinajstić information content (AvgIpc) is 2.99. The Balaban J connectivity index is 2.18. The Bertz CT molecular complexity index is 1600. The van der Waals surface area contributed by atoms with E-state index in [1.807, 2.05) is 0 Å². The second-order valence-corrected chi connectivity index (χ2v) is 11.7. The molecule has 12 nitrogen and oxygen atoms in total. The summed E-state index contributed by atoms with van der Waals surface area (Å²) in [6, 6.07) is 13.7. The summed E-state index contributed by atoms with van der Waals surface area (Å²) >= 11 is 6.24. The maximum atomic E-state index is 14.2. The maximum Gasteiger partial charge on any atom is 0.273 e. The number of aryl methyl sites for hydroxylation is 1. The zero-order valence-electron chi connectivity index (χ0n) is 24.4. The number of carbonyl (C=O) groups excluding carboxylic acids is 2. The van der Waals surface area contributed by atoms with E-state index in [1.54, 1.807) is 31.2 Å². The van der Waals surface area contributed by atoms with Crippen molar-refractivity contribution < 1.29 is 32.4 Å². The van der Waals surface area contributed by atoms with Crippen LogP contribution in [0.4, 0.5) is 11.4 Å². The molecule has 0 spiro atoms. The number of hydrogen-bond donors (Lipinski definition) is 1. The smallest absolute Gasteiger partial charge is 0.273 e. The molecule has 0 aliphatic rings. The fourth-order valence-corrected chi connectivity index (χ4v) is 6.06. The van der Waals surface area contributed by atoms with Gasteiger partial charge in [0.05, 0.1) is 29.7 Å². The van der Waals surface area contributed by atoms with Gasteiger partial charge in [0.2, 0.25) is 11.8 Å². The highest BCUT2D eigenvalue weighted by molar-refractivity contribution is 7.92. The van der Waals surface area contributed by atoms with Crippen LogP contribution in [0.2, 0.25) is 5.02 Å². The lowest BCUT2D eigenvalue weighted by atomic mass is 10.1. The third-order valence-corrected chi connectivity index (χ3v) is 8.79. The summed E-state index contributed by atoms with van der Waals surface area (Å²) in [5.41, 5.74) is 0.454. The molecule has 0 bridgehead atoms. The summed E-state index contributed by atoms with van der Waals surface area (Å²) in [6.07, 6.45) is 0.235. The molecule has 0 saturated carbocycles. The van der Waals surface area contributed by atoms with E-state index < -0.39 is 49.9 Å². The van der Waals surface area contributed by atoms with Crippen LogP contribution in [0.3, 0.4) is 0 Å². The summed E-state index contributed by atoms with van der Waals surface area (Å²) in [6.45, 7) is 2.42. The second kappa shape index (κ2) is 14.2. The molecule has 3 aromatic rings. The molecule has 1 N–H and O–H groups in total. The van der Waals surface area contributed by atoms with Crippen LogP contribution in [-0.2, 0) is 26.2 Å². The molecule has 14 heteroatoms. The molecule has 0 aliphatic heterocycles. The van der Waals surface area contributed by atoms with Gasteiger partial charge in [-0.2, -0.15) is 0 Å². The highest BCUT2D eigenvalue weighted by Gasteiger charge is 2.35. The third kappa shape index (κ3) is 7.54. The summed E-state index contributed by atoms with van der Waals surface area (Å²) in [5, 5.41) is 14.3. The van der Waals surface area contributed by atoms with Gasteiger partial charge in [-0.05, 0) is 55.3 Å². The lowest BCUT2D eigenvalue weighted by Crippen LogP contribution is -2.51. The number of likely N-dealkylation sites (N-methyl/N-ethyl adjacent to an activating group) is 1. The molecule has 0 heterocycles. The van der Waals surface area contributed by atoms with E-state index in [4.69, 9.17) is 21.1 Å². The van der Waals surface area contributed by atoms with E-state index in [2.05, 4.69) is 5.32 Å². The number of methoxy groups -OCH3 is 2. The first-order valence-corrected chi connectivity index (χ1v) is 14.9. The number of rotatable bonds is 13. The lowest BCUT2D eigenvalue weighted by molar-refractivity contribution is -0.385. The molecule has 0 radical (unpaired) electrons. The van der Waals surface area contributed by atoms with Gasteiger partial charge in [-0.25, -0.2) is 8.42 Å². The molecule has 2 amide bonds. The van der Waals surface area contributed by atoms with E-state index in [0.29, 0.717) is 11.3 Å². The number of anilines is 1. The van der Waals surface area contributed by atoms with Gasteiger partial charge in [-0.15, -0.1) is 0 Å².